The summed E-state index contributed by atoms with van der Waals surface area (Å²) >= 11 is 0. The number of hydrogen-bond acceptors (Lipinski definition) is 3. The van der Waals surface area contributed by atoms with E-state index in [1.807, 2.05) is 4.90 Å². The summed E-state index contributed by atoms with van der Waals surface area (Å²) in [5.41, 5.74) is 0.357. The van der Waals surface area contributed by atoms with Gasteiger partial charge >= 0.3 is 0 Å². The van der Waals surface area contributed by atoms with Crippen molar-refractivity contribution in [1.82, 2.24) is 10.2 Å². The number of piperazine rings is 1. The first-order valence-electron chi connectivity index (χ1n) is 5.73. The lowest BCUT2D eigenvalue weighted by Crippen LogP contribution is -2.46. The fourth-order valence-electron chi connectivity index (χ4n) is 2.18. The number of rotatable bonds is 3. The van der Waals surface area contributed by atoms with Crippen LogP contribution in [0.2, 0.25) is 0 Å². The van der Waals surface area contributed by atoms with Gasteiger partial charge in [0.1, 0.15) is 11.6 Å². The first kappa shape index (κ1) is 15.3. The molecule has 0 amide bonds. The van der Waals surface area contributed by atoms with E-state index in [-0.39, 0.29) is 19.0 Å². The highest BCUT2D eigenvalue weighted by atomic mass is 35.5. The molecule has 6 heteroatoms. The molecule has 1 aromatic rings. The zero-order valence-electron chi connectivity index (χ0n) is 9.90. The van der Waals surface area contributed by atoms with E-state index < -0.39 is 17.7 Å². The normalized spacial score (nSPS) is 18.2. The van der Waals surface area contributed by atoms with Crippen LogP contribution in [0.15, 0.2) is 18.2 Å². The van der Waals surface area contributed by atoms with Crippen molar-refractivity contribution in [3.63, 3.8) is 0 Å². The number of aliphatic hydroxyl groups is 1. The summed E-state index contributed by atoms with van der Waals surface area (Å²) in [6.45, 7) is 2.98. The zero-order valence-corrected chi connectivity index (χ0v) is 10.7. The van der Waals surface area contributed by atoms with Gasteiger partial charge in [-0.1, -0.05) is 6.07 Å². The van der Waals surface area contributed by atoms with Gasteiger partial charge in [0.05, 0.1) is 12.6 Å². The van der Waals surface area contributed by atoms with Gasteiger partial charge in [0.2, 0.25) is 0 Å². The summed E-state index contributed by atoms with van der Waals surface area (Å²) in [7, 11) is 0. The maximum atomic E-state index is 13.6. The molecule has 0 radical (unpaired) electrons. The maximum Gasteiger partial charge on any atom is 0.130 e. The Bertz CT molecular complexity index is 386. The Morgan fingerprint density at radius 3 is 2.50 bits per heavy atom. The number of nitrogens with zero attached hydrogens (tertiary/aromatic N) is 1. The van der Waals surface area contributed by atoms with Gasteiger partial charge in [0, 0.05) is 37.8 Å². The number of benzene rings is 1. The predicted octanol–water partition coefficient (Wildman–Crippen LogP) is 1.33. The van der Waals surface area contributed by atoms with Gasteiger partial charge in [0.15, 0.2) is 0 Å². The molecule has 3 nitrogen and oxygen atoms in total. The molecular formula is C12H17ClF2N2O. The highest BCUT2D eigenvalue weighted by Crippen LogP contribution is 2.23. The van der Waals surface area contributed by atoms with Crippen molar-refractivity contribution in [2.75, 3.05) is 32.8 Å². The van der Waals surface area contributed by atoms with Crippen molar-refractivity contribution in [2.24, 2.45) is 0 Å². The van der Waals surface area contributed by atoms with Crippen LogP contribution in [0.5, 0.6) is 0 Å². The smallest absolute Gasteiger partial charge is 0.130 e. The largest absolute Gasteiger partial charge is 0.394 e. The maximum absolute atomic E-state index is 13.6. The molecule has 102 valence electrons. The molecule has 2 N–H and O–H groups in total. The van der Waals surface area contributed by atoms with Gasteiger partial charge in [-0.05, 0) is 6.07 Å². The van der Waals surface area contributed by atoms with Gasteiger partial charge in [-0.15, -0.1) is 12.4 Å². The second-order valence-electron chi connectivity index (χ2n) is 4.15. The van der Waals surface area contributed by atoms with Crippen LogP contribution in [-0.2, 0) is 0 Å². The lowest BCUT2D eigenvalue weighted by molar-refractivity contribution is 0.108. The molecule has 1 aromatic carbocycles. The number of halogens is 3. The quantitative estimate of drug-likeness (QED) is 0.876. The Kier molecular flexibility index (Phi) is 5.95. The van der Waals surface area contributed by atoms with Crippen LogP contribution in [0.3, 0.4) is 0 Å². The molecule has 1 saturated heterocycles. The fraction of sp³-hybridized carbons (Fsp3) is 0.500. The fourth-order valence-corrected chi connectivity index (χ4v) is 2.18. The molecule has 0 unspecified atom stereocenters. The van der Waals surface area contributed by atoms with Gasteiger partial charge in [-0.3, -0.25) is 4.90 Å². The summed E-state index contributed by atoms with van der Waals surface area (Å²) < 4.78 is 26.5. The average Bonchev–Trinajstić information content (AvgIpc) is 2.34. The van der Waals surface area contributed by atoms with Crippen LogP contribution >= 0.6 is 12.4 Å². The number of aliphatic hydroxyl groups excluding tert-OH is 1. The van der Waals surface area contributed by atoms with E-state index in [0.29, 0.717) is 5.56 Å². The summed E-state index contributed by atoms with van der Waals surface area (Å²) in [6, 6.07) is 3.11. The number of nitrogens with one attached hydrogen (secondary N) is 1. The van der Waals surface area contributed by atoms with Gasteiger partial charge < -0.3 is 10.4 Å². The zero-order chi connectivity index (χ0) is 12.3. The monoisotopic (exact) mass is 278 g/mol. The average molecular weight is 279 g/mol. The van der Waals surface area contributed by atoms with E-state index in [9.17, 15) is 13.9 Å². The summed E-state index contributed by atoms with van der Waals surface area (Å²) in [6.07, 6.45) is 0. The molecule has 1 atom stereocenters. The van der Waals surface area contributed by atoms with Crippen molar-refractivity contribution < 1.29 is 13.9 Å². The Balaban J connectivity index is 0.00000162. The Morgan fingerprint density at radius 2 is 1.94 bits per heavy atom. The first-order chi connectivity index (χ1) is 8.22. The molecule has 0 saturated carbocycles. The van der Waals surface area contributed by atoms with Crippen molar-refractivity contribution in [2.45, 2.75) is 6.04 Å². The molecule has 1 fully saturated rings. The van der Waals surface area contributed by atoms with E-state index in [1.54, 1.807) is 0 Å². The van der Waals surface area contributed by atoms with Crippen LogP contribution in [0.4, 0.5) is 8.78 Å². The molecule has 1 aliphatic rings. The molecule has 0 spiro atoms. The first-order valence-corrected chi connectivity index (χ1v) is 5.73. The molecule has 0 aromatic heterocycles. The van der Waals surface area contributed by atoms with Crippen molar-refractivity contribution in [3.05, 3.63) is 35.4 Å². The predicted molar refractivity (Wildman–Crippen MR) is 67.9 cm³/mol. The van der Waals surface area contributed by atoms with Crippen LogP contribution in [0.1, 0.15) is 11.6 Å². The number of hydrogen-bond donors (Lipinski definition) is 2. The summed E-state index contributed by atoms with van der Waals surface area (Å²) in [4.78, 5) is 2.01. The SMILES string of the molecule is Cl.OC[C@H](c1ccc(F)cc1F)N1CCNCC1. The highest BCUT2D eigenvalue weighted by Gasteiger charge is 2.23. The van der Waals surface area contributed by atoms with E-state index in [0.717, 1.165) is 32.2 Å². The van der Waals surface area contributed by atoms with Crippen LogP contribution in [-0.4, -0.2) is 42.8 Å². The Morgan fingerprint density at radius 1 is 1.28 bits per heavy atom. The van der Waals surface area contributed by atoms with E-state index >= 15 is 0 Å². The van der Waals surface area contributed by atoms with E-state index in [4.69, 9.17) is 0 Å². The van der Waals surface area contributed by atoms with Gasteiger partial charge in [0.25, 0.3) is 0 Å². The van der Waals surface area contributed by atoms with Crippen molar-refractivity contribution in [3.8, 4) is 0 Å². The Labute approximate surface area is 111 Å². The second-order valence-corrected chi connectivity index (χ2v) is 4.15. The lowest BCUT2D eigenvalue weighted by atomic mass is 10.0. The molecule has 2 rings (SSSR count). The third kappa shape index (κ3) is 3.38. The second kappa shape index (κ2) is 6.99. The minimum atomic E-state index is -0.595. The molecule has 1 aliphatic heterocycles. The van der Waals surface area contributed by atoms with E-state index in [2.05, 4.69) is 5.32 Å². The lowest BCUT2D eigenvalue weighted by Gasteiger charge is -2.34. The van der Waals surface area contributed by atoms with Crippen LogP contribution in [0, 0.1) is 11.6 Å². The summed E-state index contributed by atoms with van der Waals surface area (Å²) in [5, 5.41) is 12.6. The van der Waals surface area contributed by atoms with Gasteiger partial charge in [-0.25, -0.2) is 8.78 Å². The molecule has 1 heterocycles. The third-order valence-electron chi connectivity index (χ3n) is 3.09. The minimum Gasteiger partial charge on any atom is -0.394 e. The topological polar surface area (TPSA) is 35.5 Å². The third-order valence-corrected chi connectivity index (χ3v) is 3.09. The summed E-state index contributed by atoms with van der Waals surface area (Å²) in [5.74, 6) is -1.19. The standard InChI is InChI=1S/C12H16F2N2O.ClH/c13-9-1-2-10(11(14)7-9)12(8-17)16-5-3-15-4-6-16;/h1-2,7,12,15,17H,3-6,8H2;1H/t12-;/m1./s1. The highest BCUT2D eigenvalue weighted by molar-refractivity contribution is 5.85. The van der Waals surface area contributed by atoms with Gasteiger partial charge in [-0.2, -0.15) is 0 Å². The van der Waals surface area contributed by atoms with Crippen LogP contribution < -0.4 is 5.32 Å². The van der Waals surface area contributed by atoms with Crippen LogP contribution in [0.25, 0.3) is 0 Å². The Hall–Kier alpha value is -0.750. The van der Waals surface area contributed by atoms with E-state index in [1.165, 1.54) is 12.1 Å². The van der Waals surface area contributed by atoms with Crippen molar-refractivity contribution in [1.29, 1.82) is 0 Å². The molecule has 0 bridgehead atoms. The minimum absolute atomic E-state index is 0. The van der Waals surface area contributed by atoms with Crippen molar-refractivity contribution >= 4 is 12.4 Å². The molecule has 0 aliphatic carbocycles. The molecular weight excluding hydrogens is 262 g/mol. The molecule has 18 heavy (non-hydrogen) atoms.